The minimum Gasteiger partial charge on any atom is -0.290 e. The molecule has 1 unspecified atom stereocenters. The first kappa shape index (κ1) is 8.00. The van der Waals surface area contributed by atoms with Gasteiger partial charge in [0.25, 0.3) is 0 Å². The number of rotatable bonds is 0. The van der Waals surface area contributed by atoms with Crippen molar-refractivity contribution in [2.75, 3.05) is 11.4 Å². The molecule has 1 atom stereocenters. The Hall–Kier alpha value is -1.35. The lowest BCUT2D eigenvalue weighted by Gasteiger charge is -2.09. The lowest BCUT2D eigenvalue weighted by Crippen LogP contribution is -2.14. The molecule has 0 radical (unpaired) electrons. The largest absolute Gasteiger partial charge is 0.290 e. The lowest BCUT2D eigenvalue weighted by atomic mass is 10.1. The molecule has 0 N–H and O–H groups in total. The number of benzene rings is 2. The maximum Gasteiger partial charge on any atom is 0.153 e. The van der Waals surface area contributed by atoms with Crippen molar-refractivity contribution in [3.05, 3.63) is 36.4 Å². The fourth-order valence-corrected chi connectivity index (χ4v) is 3.15. The Balaban J connectivity index is 2.55. The second-order valence-electron chi connectivity index (χ2n) is 3.38. The highest BCUT2D eigenvalue weighted by Gasteiger charge is 2.24. The van der Waals surface area contributed by atoms with Crippen molar-refractivity contribution in [1.29, 1.82) is 0 Å². The summed E-state index contributed by atoms with van der Waals surface area (Å²) < 4.78 is 13.7. The zero-order valence-corrected chi connectivity index (χ0v) is 8.54. The minimum absolute atomic E-state index is 0.931. The molecule has 1 heterocycles. The minimum atomic E-state index is -1.02. The van der Waals surface area contributed by atoms with Crippen molar-refractivity contribution in [3.63, 3.8) is 0 Å². The van der Waals surface area contributed by atoms with E-state index in [9.17, 15) is 4.21 Å². The maximum atomic E-state index is 11.9. The summed E-state index contributed by atoms with van der Waals surface area (Å²) in [7, 11) is 0.848. The van der Waals surface area contributed by atoms with Crippen LogP contribution in [0.1, 0.15) is 0 Å². The van der Waals surface area contributed by atoms with E-state index in [1.54, 1.807) is 0 Å². The monoisotopic (exact) mass is 203 g/mol. The van der Waals surface area contributed by atoms with Gasteiger partial charge < -0.3 is 0 Å². The molecule has 1 aliphatic heterocycles. The third-order valence-electron chi connectivity index (χ3n) is 2.62. The summed E-state index contributed by atoms with van der Waals surface area (Å²) in [5.74, 6) is 0. The number of hydrogen-bond donors (Lipinski definition) is 0. The molecule has 14 heavy (non-hydrogen) atoms. The molecule has 0 fully saturated rings. The van der Waals surface area contributed by atoms with Gasteiger partial charge in [0.05, 0.1) is 10.6 Å². The van der Waals surface area contributed by atoms with E-state index in [1.807, 2.05) is 35.6 Å². The Labute approximate surface area is 84.7 Å². The van der Waals surface area contributed by atoms with Gasteiger partial charge in [-0.05, 0) is 17.5 Å². The average Bonchev–Trinajstić information content (AvgIpc) is 2.47. The summed E-state index contributed by atoms with van der Waals surface area (Å²) in [5.41, 5.74) is 1.07. The summed E-state index contributed by atoms with van der Waals surface area (Å²) in [4.78, 5) is 0.931. The Bertz CT molecular complexity index is 545. The van der Waals surface area contributed by atoms with Gasteiger partial charge in [-0.2, -0.15) is 0 Å². The van der Waals surface area contributed by atoms with Crippen molar-refractivity contribution >= 4 is 27.4 Å². The first-order valence-electron chi connectivity index (χ1n) is 4.46. The van der Waals surface area contributed by atoms with E-state index in [4.69, 9.17) is 0 Å². The molecule has 3 heteroatoms. The second-order valence-corrected chi connectivity index (χ2v) is 4.86. The van der Waals surface area contributed by atoms with E-state index in [1.165, 1.54) is 0 Å². The van der Waals surface area contributed by atoms with Crippen molar-refractivity contribution in [3.8, 4) is 0 Å². The van der Waals surface area contributed by atoms with E-state index in [0.717, 1.165) is 21.4 Å². The molecule has 2 aromatic rings. The van der Waals surface area contributed by atoms with Crippen LogP contribution in [0.3, 0.4) is 0 Å². The van der Waals surface area contributed by atoms with Gasteiger partial charge in [-0.3, -0.25) is 4.31 Å². The quantitative estimate of drug-likeness (QED) is 0.643. The molecule has 1 aliphatic rings. The van der Waals surface area contributed by atoms with Crippen LogP contribution in [0.5, 0.6) is 0 Å². The summed E-state index contributed by atoms with van der Waals surface area (Å²) in [6.45, 7) is 0. The Morgan fingerprint density at radius 1 is 1.14 bits per heavy atom. The van der Waals surface area contributed by atoms with Gasteiger partial charge in [0.2, 0.25) is 0 Å². The maximum absolute atomic E-state index is 11.9. The highest BCUT2D eigenvalue weighted by molar-refractivity contribution is 7.87. The predicted octanol–water partition coefficient (Wildman–Crippen LogP) is 2.31. The van der Waals surface area contributed by atoms with Gasteiger partial charge in [0, 0.05) is 12.4 Å². The Morgan fingerprint density at radius 2 is 1.86 bits per heavy atom. The smallest absolute Gasteiger partial charge is 0.153 e. The lowest BCUT2D eigenvalue weighted by molar-refractivity contribution is 0.684. The zero-order valence-electron chi connectivity index (χ0n) is 7.73. The van der Waals surface area contributed by atoms with Crippen LogP contribution in [-0.4, -0.2) is 11.3 Å². The van der Waals surface area contributed by atoms with E-state index < -0.39 is 11.0 Å². The van der Waals surface area contributed by atoms with Crippen molar-refractivity contribution in [2.45, 2.75) is 4.90 Å². The van der Waals surface area contributed by atoms with Gasteiger partial charge in [-0.25, -0.2) is 4.21 Å². The molecule has 2 aromatic carbocycles. The molecular formula is C11H9NOS. The number of anilines is 1. The second kappa shape index (κ2) is 2.58. The molecule has 0 saturated heterocycles. The first-order valence-corrected chi connectivity index (χ1v) is 5.57. The van der Waals surface area contributed by atoms with Crippen LogP contribution < -0.4 is 4.31 Å². The molecule has 0 spiro atoms. The summed E-state index contributed by atoms with van der Waals surface area (Å²) in [6, 6.07) is 12.0. The van der Waals surface area contributed by atoms with Crippen molar-refractivity contribution in [2.24, 2.45) is 0 Å². The van der Waals surface area contributed by atoms with Crippen LogP contribution in [0, 0.1) is 0 Å². The molecular weight excluding hydrogens is 194 g/mol. The van der Waals surface area contributed by atoms with Crippen LogP contribution in [0.25, 0.3) is 10.8 Å². The van der Waals surface area contributed by atoms with Gasteiger partial charge in [-0.15, -0.1) is 0 Å². The Kier molecular flexibility index (Phi) is 1.47. The molecule has 0 saturated carbocycles. The SMILES string of the molecule is CN1c2cccc3cccc(c23)S1=O. The molecule has 70 valence electrons. The normalized spacial score (nSPS) is 19.2. The summed E-state index contributed by atoms with van der Waals surface area (Å²) in [5, 5.41) is 2.30. The van der Waals surface area contributed by atoms with E-state index in [2.05, 4.69) is 12.1 Å². The van der Waals surface area contributed by atoms with Crippen LogP contribution in [0.15, 0.2) is 41.3 Å². The molecule has 0 amide bonds. The third-order valence-corrected chi connectivity index (χ3v) is 4.03. The highest BCUT2D eigenvalue weighted by atomic mass is 32.2. The predicted molar refractivity (Wildman–Crippen MR) is 58.8 cm³/mol. The van der Waals surface area contributed by atoms with Crippen LogP contribution in [0.4, 0.5) is 5.69 Å². The van der Waals surface area contributed by atoms with Crippen molar-refractivity contribution < 1.29 is 4.21 Å². The fourth-order valence-electron chi connectivity index (χ4n) is 1.93. The van der Waals surface area contributed by atoms with Gasteiger partial charge >= 0.3 is 0 Å². The van der Waals surface area contributed by atoms with Crippen LogP contribution in [0.2, 0.25) is 0 Å². The fraction of sp³-hybridized carbons (Fsp3) is 0.0909. The highest BCUT2D eigenvalue weighted by Crippen LogP contribution is 2.38. The van der Waals surface area contributed by atoms with Gasteiger partial charge in [-0.1, -0.05) is 24.3 Å². The third kappa shape index (κ3) is 0.826. The molecule has 2 nitrogen and oxygen atoms in total. The van der Waals surface area contributed by atoms with Gasteiger partial charge in [0.1, 0.15) is 0 Å². The number of nitrogens with zero attached hydrogens (tertiary/aromatic N) is 1. The van der Waals surface area contributed by atoms with E-state index >= 15 is 0 Å². The number of hydrogen-bond acceptors (Lipinski definition) is 1. The van der Waals surface area contributed by atoms with Crippen LogP contribution in [-0.2, 0) is 11.0 Å². The van der Waals surface area contributed by atoms with Crippen molar-refractivity contribution in [1.82, 2.24) is 0 Å². The molecule has 0 aliphatic carbocycles. The topological polar surface area (TPSA) is 20.3 Å². The van der Waals surface area contributed by atoms with E-state index in [0.29, 0.717) is 0 Å². The first-order chi connectivity index (χ1) is 6.79. The Morgan fingerprint density at radius 3 is 2.64 bits per heavy atom. The standard InChI is InChI=1S/C11H9NOS/c1-12-9-6-2-4-8-5-3-7-10(11(8)9)14(12)13/h2-7H,1H3. The summed E-state index contributed by atoms with van der Waals surface area (Å²) in [6.07, 6.45) is 0. The molecule has 0 bridgehead atoms. The van der Waals surface area contributed by atoms with E-state index in [-0.39, 0.29) is 0 Å². The zero-order chi connectivity index (χ0) is 9.71. The molecule has 3 rings (SSSR count). The van der Waals surface area contributed by atoms with Gasteiger partial charge in [0.15, 0.2) is 11.0 Å². The van der Waals surface area contributed by atoms with Crippen LogP contribution >= 0.6 is 0 Å². The molecule has 0 aromatic heterocycles. The average molecular weight is 203 g/mol. The summed E-state index contributed by atoms with van der Waals surface area (Å²) >= 11 is 0.